The zero-order valence-corrected chi connectivity index (χ0v) is 15.6. The molecule has 6 rings (SSSR count). The molecule has 0 radical (unpaired) electrons. The van der Waals surface area contributed by atoms with Crippen LogP contribution in [0.1, 0.15) is 42.7 Å². The quantitative estimate of drug-likeness (QED) is 0.827. The molecule has 4 saturated carbocycles. The largest absolute Gasteiger partial charge is 0.383 e. The Hall–Kier alpha value is -0.980. The van der Waals surface area contributed by atoms with Crippen LogP contribution < -0.4 is 4.80 Å². The molecule has 1 amide bonds. The maximum atomic E-state index is 13.3. The number of fused-ring (bicyclic) bond motifs is 1. The molecule has 1 aliphatic heterocycles. The molecule has 0 aromatic carbocycles. The molecule has 0 N–H and O–H groups in total. The number of carbonyl (C=O) groups is 1. The number of aromatic nitrogens is 1. The molecule has 2 heterocycles. The third kappa shape index (κ3) is 2.48. The summed E-state index contributed by atoms with van der Waals surface area (Å²) in [6, 6.07) is 0. The summed E-state index contributed by atoms with van der Waals surface area (Å²) in [7, 11) is 1.72. The first-order chi connectivity index (χ1) is 12.2. The Balaban J connectivity index is 1.52. The lowest BCUT2D eigenvalue weighted by atomic mass is 9.75. The van der Waals surface area contributed by atoms with Crippen LogP contribution >= 0.6 is 11.3 Å². The minimum Gasteiger partial charge on any atom is -0.383 e. The van der Waals surface area contributed by atoms with Gasteiger partial charge in [-0.05, 0) is 49.9 Å². The van der Waals surface area contributed by atoms with Crippen molar-refractivity contribution in [3.8, 4) is 0 Å². The first-order valence-electron chi connectivity index (χ1n) is 9.57. The molecule has 4 bridgehead atoms. The van der Waals surface area contributed by atoms with Gasteiger partial charge in [0.15, 0.2) is 4.80 Å². The molecule has 0 saturated heterocycles. The van der Waals surface area contributed by atoms with Crippen molar-refractivity contribution in [1.29, 1.82) is 0 Å². The molecule has 4 aliphatic carbocycles. The van der Waals surface area contributed by atoms with Gasteiger partial charge in [0.25, 0.3) is 5.91 Å². The number of amides is 1. The average Bonchev–Trinajstić information content (AvgIpc) is 3.17. The molecule has 2 atom stereocenters. The Bertz CT molecular complexity index is 751. The first-order valence-corrected chi connectivity index (χ1v) is 10.4. The molecule has 25 heavy (non-hydrogen) atoms. The van der Waals surface area contributed by atoms with Crippen molar-refractivity contribution in [3.05, 3.63) is 15.4 Å². The van der Waals surface area contributed by atoms with Gasteiger partial charge in [-0.25, -0.2) is 0 Å². The van der Waals surface area contributed by atoms with Crippen molar-refractivity contribution in [2.24, 2.45) is 28.2 Å². The zero-order valence-electron chi connectivity index (χ0n) is 14.8. The van der Waals surface area contributed by atoms with E-state index in [0.717, 1.165) is 49.1 Å². The fourth-order valence-electron chi connectivity index (χ4n) is 6.05. The van der Waals surface area contributed by atoms with Crippen LogP contribution in [-0.4, -0.2) is 30.8 Å². The molecule has 1 aromatic rings. The van der Waals surface area contributed by atoms with Crippen LogP contribution in [-0.2, 0) is 33.8 Å². The minimum absolute atomic E-state index is 0.131. The van der Waals surface area contributed by atoms with E-state index in [1.54, 1.807) is 18.4 Å². The number of carbonyl (C=O) groups excluding carboxylic acids is 1. The van der Waals surface area contributed by atoms with Crippen molar-refractivity contribution in [2.45, 2.75) is 51.7 Å². The van der Waals surface area contributed by atoms with E-state index >= 15 is 0 Å². The first kappa shape index (κ1) is 16.2. The molecule has 6 heteroatoms. The van der Waals surface area contributed by atoms with E-state index in [9.17, 15) is 4.79 Å². The molecule has 1 aromatic heterocycles. The van der Waals surface area contributed by atoms with E-state index < -0.39 is 0 Å². The SMILES string of the molecule is COCCn1c2c(s/c1=N\C(=O)C13CC4CC(CC1C4)C3)COCC2. The summed E-state index contributed by atoms with van der Waals surface area (Å²) in [5, 5.41) is 0. The van der Waals surface area contributed by atoms with E-state index in [2.05, 4.69) is 4.57 Å². The lowest BCUT2D eigenvalue weighted by Crippen LogP contribution is -2.33. The summed E-state index contributed by atoms with van der Waals surface area (Å²) >= 11 is 1.64. The van der Waals surface area contributed by atoms with E-state index in [-0.39, 0.29) is 11.3 Å². The maximum absolute atomic E-state index is 13.3. The standard InChI is InChI=1S/C19H26N2O3S/c1-23-5-3-21-15-2-4-24-11-16(15)25-18(21)20-17(22)19-9-12-6-13(10-19)8-14(19)7-12/h12-14H,2-11H2,1H3/b20-18-. The zero-order chi connectivity index (χ0) is 17.0. The molecule has 136 valence electrons. The second-order valence-corrected chi connectivity index (χ2v) is 9.38. The number of hydrogen-bond donors (Lipinski definition) is 0. The van der Waals surface area contributed by atoms with Gasteiger partial charge >= 0.3 is 0 Å². The van der Waals surface area contributed by atoms with Gasteiger partial charge in [0, 0.05) is 25.8 Å². The minimum atomic E-state index is -0.131. The van der Waals surface area contributed by atoms with E-state index in [1.807, 2.05) is 0 Å². The molecular weight excluding hydrogens is 336 g/mol. The normalized spacial score (nSPS) is 36.2. The highest BCUT2D eigenvalue weighted by Gasteiger charge is 2.61. The summed E-state index contributed by atoms with van der Waals surface area (Å²) in [4.78, 5) is 20.1. The van der Waals surface area contributed by atoms with Gasteiger partial charge in [-0.3, -0.25) is 4.79 Å². The van der Waals surface area contributed by atoms with E-state index in [0.29, 0.717) is 19.1 Å². The second kappa shape index (κ2) is 6.03. The van der Waals surface area contributed by atoms with E-state index in [4.69, 9.17) is 14.5 Å². The summed E-state index contributed by atoms with van der Waals surface area (Å²) in [6.07, 6.45) is 6.94. The smallest absolute Gasteiger partial charge is 0.254 e. The Morgan fingerprint density at radius 2 is 2.16 bits per heavy atom. The van der Waals surface area contributed by atoms with Crippen molar-refractivity contribution in [3.63, 3.8) is 0 Å². The van der Waals surface area contributed by atoms with Crippen LogP contribution in [0.5, 0.6) is 0 Å². The monoisotopic (exact) mass is 362 g/mol. The van der Waals surface area contributed by atoms with Gasteiger partial charge in [0.05, 0.1) is 30.1 Å². The predicted molar refractivity (Wildman–Crippen MR) is 94.1 cm³/mol. The Morgan fingerprint density at radius 3 is 2.92 bits per heavy atom. The molecular formula is C19H26N2O3S. The van der Waals surface area contributed by atoms with Crippen LogP contribution in [0.4, 0.5) is 0 Å². The van der Waals surface area contributed by atoms with Crippen LogP contribution in [0.25, 0.3) is 0 Å². The van der Waals surface area contributed by atoms with Gasteiger partial charge in [0.2, 0.25) is 0 Å². The number of methoxy groups -OCH3 is 1. The van der Waals surface area contributed by atoms with Crippen molar-refractivity contribution < 1.29 is 14.3 Å². The summed E-state index contributed by atoms with van der Waals surface area (Å²) in [5.41, 5.74) is 1.16. The summed E-state index contributed by atoms with van der Waals surface area (Å²) in [5.74, 6) is 2.31. The van der Waals surface area contributed by atoms with Crippen LogP contribution in [0.15, 0.2) is 4.99 Å². The lowest BCUT2D eigenvalue weighted by Gasteiger charge is -2.29. The molecule has 5 aliphatic rings. The Morgan fingerprint density at radius 1 is 1.36 bits per heavy atom. The lowest BCUT2D eigenvalue weighted by molar-refractivity contribution is -0.129. The molecule has 2 unspecified atom stereocenters. The van der Waals surface area contributed by atoms with Crippen molar-refractivity contribution in [2.75, 3.05) is 20.3 Å². The van der Waals surface area contributed by atoms with Gasteiger partial charge in [0.1, 0.15) is 0 Å². The highest BCUT2D eigenvalue weighted by molar-refractivity contribution is 7.09. The molecule has 4 fully saturated rings. The Labute approximate surface area is 152 Å². The Kier molecular flexibility index (Phi) is 3.91. The number of rotatable bonds is 4. The van der Waals surface area contributed by atoms with Gasteiger partial charge in [-0.15, -0.1) is 0 Å². The number of thiazole rings is 1. The number of ether oxygens (including phenoxy) is 2. The predicted octanol–water partition coefficient (Wildman–Crippen LogP) is 2.52. The van der Waals surface area contributed by atoms with Crippen molar-refractivity contribution in [1.82, 2.24) is 4.57 Å². The maximum Gasteiger partial charge on any atom is 0.254 e. The third-order valence-electron chi connectivity index (χ3n) is 6.94. The summed E-state index contributed by atoms with van der Waals surface area (Å²) < 4.78 is 13.1. The summed E-state index contributed by atoms with van der Waals surface area (Å²) in [6.45, 7) is 2.80. The second-order valence-electron chi connectivity index (χ2n) is 8.32. The fraction of sp³-hybridized carbons (Fsp3) is 0.789. The highest BCUT2D eigenvalue weighted by Crippen LogP contribution is 2.65. The number of hydrogen-bond acceptors (Lipinski definition) is 4. The molecule has 0 spiro atoms. The van der Waals surface area contributed by atoms with Gasteiger partial charge in [-0.2, -0.15) is 4.99 Å². The number of nitrogens with zero attached hydrogens (tertiary/aromatic N) is 2. The van der Waals surface area contributed by atoms with Crippen molar-refractivity contribution >= 4 is 17.2 Å². The van der Waals surface area contributed by atoms with Gasteiger partial charge < -0.3 is 14.0 Å². The van der Waals surface area contributed by atoms with Crippen LogP contribution in [0, 0.1) is 23.2 Å². The van der Waals surface area contributed by atoms with E-state index in [1.165, 1.54) is 29.8 Å². The fourth-order valence-corrected chi connectivity index (χ4v) is 7.18. The molecule has 5 nitrogen and oxygen atoms in total. The van der Waals surface area contributed by atoms with Crippen LogP contribution in [0.3, 0.4) is 0 Å². The van der Waals surface area contributed by atoms with Gasteiger partial charge in [-0.1, -0.05) is 11.3 Å². The van der Waals surface area contributed by atoms with Crippen LogP contribution in [0.2, 0.25) is 0 Å². The third-order valence-corrected chi connectivity index (χ3v) is 8.04. The topological polar surface area (TPSA) is 52.8 Å². The average molecular weight is 362 g/mol. The highest BCUT2D eigenvalue weighted by atomic mass is 32.1.